The molecule has 254 valence electrons. The van der Waals surface area contributed by atoms with E-state index in [2.05, 4.69) is 4.98 Å². The lowest BCUT2D eigenvalue weighted by atomic mass is 9.97. The molecule has 2 heterocycles. The number of anilines is 1. The summed E-state index contributed by atoms with van der Waals surface area (Å²) in [7, 11) is 6.25. The third kappa shape index (κ3) is 7.37. The predicted octanol–water partition coefficient (Wildman–Crippen LogP) is 6.43. The number of hydrogen-bond donors (Lipinski definition) is 0. The maximum atomic E-state index is 14.7. The molecule has 1 amide bonds. The standard InChI is InChI=1S/C36H39ClN2O9/c1-7-46-33(40)16-15-28-21(2)38-32(47-28)19-31-36(41)39(20-22-11-13-24(42-3)18-30(22)44-5)27-14-12-23(37)17-26(27)34(48-31)25-9-8-10-29(43-4)35(25)45-6/h8-14,17-18,31,34H,7,15-16,19-20H2,1-6H3/t31-,34-/m0/s1. The molecule has 12 heteroatoms. The van der Waals surface area contributed by atoms with Crippen LogP contribution in [0.5, 0.6) is 23.0 Å². The van der Waals surface area contributed by atoms with Crippen molar-refractivity contribution in [2.24, 2.45) is 0 Å². The minimum atomic E-state index is -1.06. The van der Waals surface area contributed by atoms with E-state index in [9.17, 15) is 9.59 Å². The number of aromatic nitrogens is 1. The van der Waals surface area contributed by atoms with E-state index in [0.29, 0.717) is 75.2 Å². The summed E-state index contributed by atoms with van der Waals surface area (Å²) in [4.78, 5) is 32.9. The Kier molecular flexibility index (Phi) is 11.1. The predicted molar refractivity (Wildman–Crippen MR) is 178 cm³/mol. The van der Waals surface area contributed by atoms with Gasteiger partial charge in [-0.05, 0) is 50.2 Å². The Morgan fingerprint density at radius 3 is 2.46 bits per heavy atom. The minimum Gasteiger partial charge on any atom is -0.497 e. The maximum Gasteiger partial charge on any atom is 0.306 e. The summed E-state index contributed by atoms with van der Waals surface area (Å²) in [6.07, 6.45) is -1.39. The fourth-order valence-electron chi connectivity index (χ4n) is 5.80. The molecule has 0 fully saturated rings. The third-order valence-electron chi connectivity index (χ3n) is 8.10. The first-order valence-electron chi connectivity index (χ1n) is 15.5. The van der Waals surface area contributed by atoms with Crippen LogP contribution in [0.4, 0.5) is 5.69 Å². The van der Waals surface area contributed by atoms with Gasteiger partial charge < -0.3 is 37.7 Å². The second-order valence-electron chi connectivity index (χ2n) is 11.0. The van der Waals surface area contributed by atoms with Gasteiger partial charge in [-0.15, -0.1) is 0 Å². The molecule has 0 N–H and O–H groups in total. The quantitative estimate of drug-likeness (QED) is 0.146. The molecule has 0 aliphatic carbocycles. The second-order valence-corrected chi connectivity index (χ2v) is 11.5. The van der Waals surface area contributed by atoms with Gasteiger partial charge in [0.1, 0.15) is 29.5 Å². The van der Waals surface area contributed by atoms with Crippen LogP contribution in [0, 0.1) is 6.92 Å². The summed E-state index contributed by atoms with van der Waals surface area (Å²) < 4.78 is 40.4. The first kappa shape index (κ1) is 34.6. The molecule has 0 bridgehead atoms. The topological polar surface area (TPSA) is 119 Å². The van der Waals surface area contributed by atoms with Gasteiger partial charge in [0.2, 0.25) is 0 Å². The number of ether oxygens (including phenoxy) is 6. The van der Waals surface area contributed by atoms with Gasteiger partial charge in [-0.3, -0.25) is 9.59 Å². The lowest BCUT2D eigenvalue weighted by Gasteiger charge is -2.26. The Hall–Kier alpha value is -4.74. The lowest BCUT2D eigenvalue weighted by Crippen LogP contribution is -2.40. The monoisotopic (exact) mass is 678 g/mol. The molecule has 48 heavy (non-hydrogen) atoms. The summed E-state index contributed by atoms with van der Waals surface area (Å²) in [6.45, 7) is 4.01. The fraction of sp³-hybridized carbons (Fsp3) is 0.361. The molecular weight excluding hydrogens is 640 g/mol. The van der Waals surface area contributed by atoms with Crippen molar-refractivity contribution in [2.75, 3.05) is 39.9 Å². The molecule has 11 nitrogen and oxygen atoms in total. The van der Waals surface area contributed by atoms with E-state index in [1.807, 2.05) is 24.3 Å². The molecule has 3 aromatic carbocycles. The molecule has 1 aliphatic heterocycles. The lowest BCUT2D eigenvalue weighted by molar-refractivity contribution is -0.143. The average Bonchev–Trinajstić information content (AvgIpc) is 3.40. The van der Waals surface area contributed by atoms with Crippen molar-refractivity contribution in [3.8, 4) is 23.0 Å². The number of esters is 1. The van der Waals surface area contributed by atoms with Gasteiger partial charge in [-0.2, -0.15) is 0 Å². The number of nitrogens with zero attached hydrogens (tertiary/aromatic N) is 2. The van der Waals surface area contributed by atoms with E-state index in [1.54, 1.807) is 77.5 Å². The van der Waals surface area contributed by atoms with Crippen LogP contribution in [0.1, 0.15) is 53.5 Å². The van der Waals surface area contributed by atoms with Crippen molar-refractivity contribution in [1.82, 2.24) is 4.98 Å². The number of halogens is 1. The number of fused-ring (bicyclic) bond motifs is 1. The largest absolute Gasteiger partial charge is 0.497 e. The Labute approximate surface area is 284 Å². The first-order chi connectivity index (χ1) is 23.2. The van der Waals surface area contributed by atoms with Crippen LogP contribution in [0.3, 0.4) is 0 Å². The van der Waals surface area contributed by atoms with Crippen molar-refractivity contribution < 1.29 is 42.4 Å². The van der Waals surface area contributed by atoms with Crippen molar-refractivity contribution in [1.29, 1.82) is 0 Å². The Morgan fingerprint density at radius 1 is 0.958 bits per heavy atom. The Morgan fingerprint density at radius 2 is 1.75 bits per heavy atom. The van der Waals surface area contributed by atoms with Gasteiger partial charge >= 0.3 is 5.97 Å². The van der Waals surface area contributed by atoms with E-state index in [4.69, 9.17) is 44.4 Å². The SMILES string of the molecule is CCOC(=O)CCc1oc(C[C@@H]2O[C@@H](c3cccc(OC)c3OC)c3cc(Cl)ccc3N(Cc3ccc(OC)cc3OC)C2=O)nc1C. The Balaban J connectivity index is 1.61. The Bertz CT molecular complexity index is 1770. The average molecular weight is 679 g/mol. The van der Waals surface area contributed by atoms with Crippen molar-refractivity contribution >= 4 is 29.2 Å². The first-order valence-corrected chi connectivity index (χ1v) is 15.9. The molecular formula is C36H39ClN2O9. The van der Waals surface area contributed by atoms with Gasteiger partial charge in [-0.1, -0.05) is 23.7 Å². The number of hydrogen-bond acceptors (Lipinski definition) is 10. The highest BCUT2D eigenvalue weighted by Crippen LogP contribution is 2.46. The van der Waals surface area contributed by atoms with E-state index < -0.39 is 12.2 Å². The van der Waals surface area contributed by atoms with E-state index in [1.165, 1.54) is 0 Å². The van der Waals surface area contributed by atoms with Crippen LogP contribution in [-0.2, 0) is 38.4 Å². The third-order valence-corrected chi connectivity index (χ3v) is 8.34. The molecule has 1 aliphatic rings. The zero-order valence-corrected chi connectivity index (χ0v) is 28.6. The zero-order valence-electron chi connectivity index (χ0n) is 27.8. The van der Waals surface area contributed by atoms with Crippen LogP contribution in [0.2, 0.25) is 5.02 Å². The highest BCUT2D eigenvalue weighted by Gasteiger charge is 2.39. The highest BCUT2D eigenvalue weighted by molar-refractivity contribution is 6.30. The summed E-state index contributed by atoms with van der Waals surface area (Å²) in [5.74, 6) is 2.32. The van der Waals surface area contributed by atoms with E-state index >= 15 is 0 Å². The van der Waals surface area contributed by atoms with E-state index in [0.717, 1.165) is 5.56 Å². The van der Waals surface area contributed by atoms with E-state index in [-0.39, 0.29) is 31.3 Å². The smallest absolute Gasteiger partial charge is 0.306 e. The van der Waals surface area contributed by atoms with Gasteiger partial charge in [0.05, 0.1) is 65.8 Å². The molecule has 0 saturated carbocycles. The maximum absolute atomic E-state index is 14.7. The number of carbonyl (C=O) groups is 2. The number of oxazole rings is 1. The van der Waals surface area contributed by atoms with Crippen molar-refractivity contribution in [3.63, 3.8) is 0 Å². The number of aryl methyl sites for hydroxylation is 2. The van der Waals surface area contributed by atoms with Gasteiger partial charge in [0.25, 0.3) is 5.91 Å². The van der Waals surface area contributed by atoms with Crippen LogP contribution in [-0.4, -0.2) is 58.0 Å². The van der Waals surface area contributed by atoms with Crippen molar-refractivity contribution in [2.45, 2.75) is 51.9 Å². The molecule has 1 aromatic heterocycles. The normalized spacial score (nSPS) is 15.8. The van der Waals surface area contributed by atoms with Crippen LogP contribution >= 0.6 is 11.6 Å². The zero-order chi connectivity index (χ0) is 34.4. The number of rotatable bonds is 13. The van der Waals surface area contributed by atoms with Crippen LogP contribution < -0.4 is 23.8 Å². The number of amides is 1. The minimum absolute atomic E-state index is 0.0137. The number of para-hydroxylation sites is 1. The molecule has 0 unspecified atom stereocenters. The molecule has 0 spiro atoms. The van der Waals surface area contributed by atoms with Gasteiger partial charge in [-0.25, -0.2) is 4.98 Å². The number of methoxy groups -OCH3 is 4. The number of carbonyl (C=O) groups excluding carboxylic acids is 2. The summed E-state index contributed by atoms with van der Waals surface area (Å²) in [6, 6.07) is 16.3. The summed E-state index contributed by atoms with van der Waals surface area (Å²) in [5.41, 5.74) is 3.25. The molecule has 5 rings (SSSR count). The molecule has 0 saturated heterocycles. The molecule has 4 aromatic rings. The van der Waals surface area contributed by atoms with Crippen molar-refractivity contribution in [3.05, 3.63) is 93.7 Å². The highest BCUT2D eigenvalue weighted by atomic mass is 35.5. The summed E-state index contributed by atoms with van der Waals surface area (Å²) in [5, 5.41) is 0.464. The van der Waals surface area contributed by atoms with Gasteiger partial charge in [0, 0.05) is 34.2 Å². The fourth-order valence-corrected chi connectivity index (χ4v) is 5.98. The van der Waals surface area contributed by atoms with Crippen LogP contribution in [0.15, 0.2) is 59.0 Å². The molecule has 2 atom stereocenters. The van der Waals surface area contributed by atoms with Gasteiger partial charge in [0.15, 0.2) is 17.4 Å². The number of benzene rings is 3. The second kappa shape index (κ2) is 15.4. The van der Waals surface area contributed by atoms with Crippen LogP contribution in [0.25, 0.3) is 0 Å². The summed E-state index contributed by atoms with van der Waals surface area (Å²) >= 11 is 6.59. The molecule has 0 radical (unpaired) electrons.